The molecule has 1 fully saturated rings. The summed E-state index contributed by atoms with van der Waals surface area (Å²) in [6.45, 7) is 4.40. The highest BCUT2D eigenvalue weighted by Crippen LogP contribution is 2.21. The smallest absolute Gasteiger partial charge is 0.266 e. The molecule has 21 heavy (non-hydrogen) atoms. The number of nitrogens with one attached hydrogen (secondary N) is 1. The van der Waals surface area contributed by atoms with Crippen LogP contribution in [-0.4, -0.2) is 41.9 Å². The molecule has 0 saturated carbocycles. The van der Waals surface area contributed by atoms with Gasteiger partial charge in [-0.15, -0.1) is 0 Å². The van der Waals surface area contributed by atoms with Gasteiger partial charge in [0, 0.05) is 13.1 Å². The van der Waals surface area contributed by atoms with E-state index in [4.69, 9.17) is 4.74 Å². The third-order valence-corrected chi connectivity index (χ3v) is 3.25. The first kappa shape index (κ1) is 15.3. The van der Waals surface area contributed by atoms with Crippen molar-refractivity contribution in [3.8, 4) is 5.75 Å². The van der Waals surface area contributed by atoms with Crippen LogP contribution in [0.1, 0.15) is 20.3 Å². The van der Waals surface area contributed by atoms with Gasteiger partial charge in [-0.25, -0.2) is 4.39 Å². The average Bonchev–Trinajstić information content (AvgIpc) is 2.65. The van der Waals surface area contributed by atoms with Crippen molar-refractivity contribution >= 4 is 11.8 Å². The number of halogens is 1. The zero-order valence-corrected chi connectivity index (χ0v) is 12.2. The molecule has 1 aromatic rings. The van der Waals surface area contributed by atoms with Crippen molar-refractivity contribution in [1.82, 2.24) is 10.2 Å². The SMILES string of the molecule is CC(C)(Oc1ccc(F)cc1)C(=O)N1CCCNC(=O)C1. The molecule has 1 N–H and O–H groups in total. The molecule has 6 heteroatoms. The average molecular weight is 294 g/mol. The largest absolute Gasteiger partial charge is 0.478 e. The fourth-order valence-corrected chi connectivity index (χ4v) is 2.20. The molecule has 1 aromatic carbocycles. The number of amides is 2. The highest BCUT2D eigenvalue weighted by molar-refractivity contribution is 5.89. The summed E-state index contributed by atoms with van der Waals surface area (Å²) in [7, 11) is 0. The number of hydrogen-bond acceptors (Lipinski definition) is 3. The lowest BCUT2D eigenvalue weighted by Crippen LogP contribution is -2.50. The molecular formula is C15H19FN2O3. The van der Waals surface area contributed by atoms with E-state index in [0.717, 1.165) is 0 Å². The van der Waals surface area contributed by atoms with Crippen LogP contribution in [0.4, 0.5) is 4.39 Å². The highest BCUT2D eigenvalue weighted by atomic mass is 19.1. The van der Waals surface area contributed by atoms with Crippen molar-refractivity contribution in [2.45, 2.75) is 25.9 Å². The molecule has 0 radical (unpaired) electrons. The van der Waals surface area contributed by atoms with Crippen molar-refractivity contribution in [3.05, 3.63) is 30.1 Å². The Kier molecular flexibility index (Phi) is 4.45. The van der Waals surface area contributed by atoms with E-state index in [1.807, 2.05) is 0 Å². The summed E-state index contributed by atoms with van der Waals surface area (Å²) in [5, 5.41) is 2.72. The molecule has 0 aliphatic carbocycles. The molecule has 1 aliphatic rings. The van der Waals surface area contributed by atoms with Crippen LogP contribution >= 0.6 is 0 Å². The van der Waals surface area contributed by atoms with E-state index in [1.54, 1.807) is 13.8 Å². The number of ether oxygens (including phenoxy) is 1. The third-order valence-electron chi connectivity index (χ3n) is 3.25. The second kappa shape index (κ2) is 6.11. The maximum atomic E-state index is 12.9. The predicted molar refractivity (Wildman–Crippen MR) is 75.3 cm³/mol. The van der Waals surface area contributed by atoms with Gasteiger partial charge in [-0.05, 0) is 44.5 Å². The molecule has 0 aromatic heterocycles. The second-order valence-electron chi connectivity index (χ2n) is 5.50. The first-order valence-electron chi connectivity index (χ1n) is 6.89. The number of nitrogens with zero attached hydrogens (tertiary/aromatic N) is 1. The Bertz CT molecular complexity index is 528. The molecule has 0 atom stereocenters. The van der Waals surface area contributed by atoms with Gasteiger partial charge in [0.2, 0.25) is 5.91 Å². The van der Waals surface area contributed by atoms with E-state index in [2.05, 4.69) is 5.32 Å². The minimum atomic E-state index is -1.12. The van der Waals surface area contributed by atoms with Gasteiger partial charge in [0.15, 0.2) is 5.60 Å². The van der Waals surface area contributed by atoms with Gasteiger partial charge in [0.1, 0.15) is 11.6 Å². The van der Waals surface area contributed by atoms with Crippen LogP contribution in [0, 0.1) is 5.82 Å². The van der Waals surface area contributed by atoms with E-state index in [0.29, 0.717) is 25.3 Å². The summed E-state index contributed by atoms with van der Waals surface area (Å²) < 4.78 is 18.5. The third kappa shape index (κ3) is 3.93. The Morgan fingerprint density at radius 2 is 2.00 bits per heavy atom. The molecule has 114 valence electrons. The minimum absolute atomic E-state index is 0.0367. The lowest BCUT2D eigenvalue weighted by atomic mass is 10.1. The van der Waals surface area contributed by atoms with Crippen molar-refractivity contribution in [1.29, 1.82) is 0 Å². The summed E-state index contributed by atoms with van der Waals surface area (Å²) in [6.07, 6.45) is 0.712. The van der Waals surface area contributed by atoms with Gasteiger partial charge in [-0.2, -0.15) is 0 Å². The van der Waals surface area contributed by atoms with Crippen LogP contribution in [0.5, 0.6) is 5.75 Å². The molecule has 5 nitrogen and oxygen atoms in total. The molecule has 1 saturated heterocycles. The molecule has 1 heterocycles. The second-order valence-corrected chi connectivity index (χ2v) is 5.50. The number of benzene rings is 1. The maximum Gasteiger partial charge on any atom is 0.266 e. The van der Waals surface area contributed by atoms with Gasteiger partial charge in [-0.3, -0.25) is 9.59 Å². The predicted octanol–water partition coefficient (Wildman–Crippen LogP) is 1.33. The van der Waals surface area contributed by atoms with E-state index in [1.165, 1.54) is 29.2 Å². The first-order chi connectivity index (χ1) is 9.88. The maximum absolute atomic E-state index is 12.9. The topological polar surface area (TPSA) is 58.6 Å². The molecular weight excluding hydrogens is 275 g/mol. The minimum Gasteiger partial charge on any atom is -0.478 e. The Balaban J connectivity index is 2.08. The number of carbonyl (C=O) groups is 2. The van der Waals surface area contributed by atoms with Gasteiger partial charge >= 0.3 is 0 Å². The summed E-state index contributed by atoms with van der Waals surface area (Å²) in [6, 6.07) is 5.49. The fraction of sp³-hybridized carbons (Fsp3) is 0.467. The van der Waals surface area contributed by atoms with E-state index >= 15 is 0 Å². The zero-order valence-electron chi connectivity index (χ0n) is 12.2. The lowest BCUT2D eigenvalue weighted by Gasteiger charge is -2.31. The van der Waals surface area contributed by atoms with E-state index < -0.39 is 5.60 Å². The van der Waals surface area contributed by atoms with Crippen molar-refractivity contribution in [3.63, 3.8) is 0 Å². The van der Waals surface area contributed by atoms with Gasteiger partial charge in [0.05, 0.1) is 6.54 Å². The molecule has 0 unspecified atom stereocenters. The summed E-state index contributed by atoms with van der Waals surface area (Å²) in [5.74, 6) is -0.382. The fourth-order valence-electron chi connectivity index (χ4n) is 2.20. The molecule has 2 amide bonds. The Labute approximate surface area is 123 Å². The lowest BCUT2D eigenvalue weighted by molar-refractivity contribution is -0.147. The Morgan fingerprint density at radius 3 is 2.67 bits per heavy atom. The summed E-state index contributed by atoms with van der Waals surface area (Å²) in [4.78, 5) is 25.6. The van der Waals surface area contributed by atoms with Crippen LogP contribution in [0.25, 0.3) is 0 Å². The van der Waals surface area contributed by atoms with Crippen molar-refractivity contribution in [2.75, 3.05) is 19.6 Å². The highest BCUT2D eigenvalue weighted by Gasteiger charge is 2.35. The van der Waals surface area contributed by atoms with E-state index in [-0.39, 0.29) is 24.2 Å². The summed E-state index contributed by atoms with van der Waals surface area (Å²) in [5.41, 5.74) is -1.12. The van der Waals surface area contributed by atoms with Crippen LogP contribution in [0.15, 0.2) is 24.3 Å². The molecule has 0 spiro atoms. The molecule has 0 bridgehead atoms. The van der Waals surface area contributed by atoms with Gasteiger partial charge < -0.3 is 15.0 Å². The quantitative estimate of drug-likeness (QED) is 0.915. The van der Waals surface area contributed by atoms with Gasteiger partial charge in [0.25, 0.3) is 5.91 Å². The van der Waals surface area contributed by atoms with Gasteiger partial charge in [-0.1, -0.05) is 0 Å². The van der Waals surface area contributed by atoms with Crippen molar-refractivity contribution in [2.24, 2.45) is 0 Å². The van der Waals surface area contributed by atoms with Crippen LogP contribution in [0.2, 0.25) is 0 Å². The molecule has 1 aliphatic heterocycles. The van der Waals surface area contributed by atoms with Crippen molar-refractivity contribution < 1.29 is 18.7 Å². The Hall–Kier alpha value is -2.11. The normalized spacial score (nSPS) is 16.1. The number of rotatable bonds is 3. The zero-order chi connectivity index (χ0) is 15.5. The monoisotopic (exact) mass is 294 g/mol. The number of hydrogen-bond donors (Lipinski definition) is 1. The van der Waals surface area contributed by atoms with Crippen LogP contribution in [-0.2, 0) is 9.59 Å². The Morgan fingerprint density at radius 1 is 1.33 bits per heavy atom. The van der Waals surface area contributed by atoms with Crippen LogP contribution < -0.4 is 10.1 Å². The standard InChI is InChI=1S/C15H19FN2O3/c1-15(2,21-12-6-4-11(16)5-7-12)14(20)18-9-3-8-17-13(19)10-18/h4-7H,3,8-10H2,1-2H3,(H,17,19). The van der Waals surface area contributed by atoms with Crippen LogP contribution in [0.3, 0.4) is 0 Å². The summed E-state index contributed by atoms with van der Waals surface area (Å²) >= 11 is 0. The number of carbonyl (C=O) groups excluding carboxylic acids is 2. The molecule has 2 rings (SSSR count). The van der Waals surface area contributed by atoms with E-state index in [9.17, 15) is 14.0 Å². The first-order valence-corrected chi connectivity index (χ1v) is 6.89.